The van der Waals surface area contributed by atoms with Crippen LogP contribution in [0.25, 0.3) is 11.4 Å². The van der Waals surface area contributed by atoms with Crippen LogP contribution in [0.15, 0.2) is 10.9 Å². The van der Waals surface area contributed by atoms with Crippen LogP contribution in [0.3, 0.4) is 0 Å². The number of fused-ring (bicyclic) bond motifs is 1. The minimum Gasteiger partial charge on any atom is -0.384 e. The van der Waals surface area contributed by atoms with Gasteiger partial charge in [-0.3, -0.25) is 4.79 Å². The molecule has 140 valence electrons. The van der Waals surface area contributed by atoms with E-state index in [0.29, 0.717) is 36.7 Å². The van der Waals surface area contributed by atoms with Crippen LogP contribution in [0.5, 0.6) is 0 Å². The first kappa shape index (κ1) is 17.4. The van der Waals surface area contributed by atoms with Crippen molar-refractivity contribution in [2.24, 2.45) is 0 Å². The Morgan fingerprint density at radius 3 is 2.96 bits per heavy atom. The average Bonchev–Trinajstić information content (AvgIpc) is 3.29. The maximum absolute atomic E-state index is 12.6. The lowest BCUT2D eigenvalue weighted by Crippen LogP contribution is -2.18. The molecule has 1 aliphatic heterocycles. The summed E-state index contributed by atoms with van der Waals surface area (Å²) in [6.45, 7) is 0.465. The second kappa shape index (κ2) is 6.62. The van der Waals surface area contributed by atoms with E-state index in [4.69, 9.17) is 4.74 Å². The summed E-state index contributed by atoms with van der Waals surface area (Å²) in [5, 5.41) is 4.51. The Labute approximate surface area is 151 Å². The molecular weight excluding hydrogens is 356 g/mol. The van der Waals surface area contributed by atoms with E-state index in [-0.39, 0.29) is 23.1 Å². The number of hydrogen-bond acceptors (Lipinski definition) is 6. The van der Waals surface area contributed by atoms with Crippen molar-refractivity contribution in [3.05, 3.63) is 33.5 Å². The van der Waals surface area contributed by atoms with Gasteiger partial charge in [-0.2, -0.15) is 5.10 Å². The number of aryl methyl sites for hydroxylation is 2. The van der Waals surface area contributed by atoms with Gasteiger partial charge in [0.15, 0.2) is 21.5 Å². The van der Waals surface area contributed by atoms with Crippen molar-refractivity contribution in [1.82, 2.24) is 19.7 Å². The highest BCUT2D eigenvalue weighted by Crippen LogP contribution is 2.29. The molecule has 1 saturated heterocycles. The van der Waals surface area contributed by atoms with Crippen molar-refractivity contribution in [2.45, 2.75) is 38.1 Å². The zero-order valence-electron chi connectivity index (χ0n) is 14.7. The van der Waals surface area contributed by atoms with E-state index in [0.717, 1.165) is 30.5 Å². The Hall–Kier alpha value is -2.00. The summed E-state index contributed by atoms with van der Waals surface area (Å²) in [6, 6.07) is 1.61. The molecule has 0 spiro atoms. The van der Waals surface area contributed by atoms with E-state index in [1.165, 1.54) is 0 Å². The zero-order valence-corrected chi connectivity index (χ0v) is 15.5. The molecule has 2 aromatic heterocycles. The molecule has 4 rings (SSSR count). The molecule has 1 fully saturated rings. The zero-order chi connectivity index (χ0) is 18.3. The molecular formula is C17H22N4O4S. The molecule has 26 heavy (non-hydrogen) atoms. The largest absolute Gasteiger partial charge is 0.384 e. The molecule has 1 unspecified atom stereocenters. The fourth-order valence-electron chi connectivity index (χ4n) is 3.75. The quantitative estimate of drug-likeness (QED) is 0.819. The number of methoxy groups -OCH3 is 1. The number of ether oxygens (including phenoxy) is 1. The highest BCUT2D eigenvalue weighted by Gasteiger charge is 2.33. The van der Waals surface area contributed by atoms with Gasteiger partial charge in [-0.1, -0.05) is 0 Å². The highest BCUT2D eigenvalue weighted by atomic mass is 32.2. The third-order valence-electron chi connectivity index (χ3n) is 5.09. The van der Waals surface area contributed by atoms with Gasteiger partial charge in [-0.05, 0) is 37.3 Å². The van der Waals surface area contributed by atoms with Crippen LogP contribution in [-0.4, -0.2) is 53.4 Å². The number of aromatic amines is 1. The predicted molar refractivity (Wildman–Crippen MR) is 96.0 cm³/mol. The third kappa shape index (κ3) is 3.21. The number of aromatic nitrogens is 4. The van der Waals surface area contributed by atoms with Gasteiger partial charge in [0, 0.05) is 19.2 Å². The van der Waals surface area contributed by atoms with E-state index < -0.39 is 9.84 Å². The fraction of sp³-hybridized carbons (Fsp3) is 0.588. The molecule has 0 aromatic carbocycles. The molecule has 2 aliphatic rings. The minimum absolute atomic E-state index is 0.0376. The SMILES string of the molecule is COCCc1nc(-c2cc3c([nH]c2=O)CCC3)n(C2CCS(=O)(=O)C2)n1. The summed E-state index contributed by atoms with van der Waals surface area (Å²) in [4.78, 5) is 20.1. The van der Waals surface area contributed by atoms with Gasteiger partial charge in [0.1, 0.15) is 0 Å². The van der Waals surface area contributed by atoms with E-state index in [9.17, 15) is 13.2 Å². The van der Waals surface area contributed by atoms with Gasteiger partial charge in [-0.15, -0.1) is 0 Å². The standard InChI is InChI=1S/C17H22N4O4S/c1-25-7-5-15-19-16(21(20-15)12-6-8-26(23,24)10-12)13-9-11-3-2-4-14(11)18-17(13)22/h9,12H,2-8,10H2,1H3,(H,18,22). The summed E-state index contributed by atoms with van der Waals surface area (Å²) in [5.41, 5.74) is 2.39. The normalized spacial score (nSPS) is 21.2. The van der Waals surface area contributed by atoms with Crippen molar-refractivity contribution >= 4 is 9.84 Å². The molecule has 0 bridgehead atoms. The van der Waals surface area contributed by atoms with Crippen LogP contribution in [0.2, 0.25) is 0 Å². The Morgan fingerprint density at radius 1 is 1.38 bits per heavy atom. The van der Waals surface area contributed by atoms with Crippen LogP contribution in [0.1, 0.15) is 36.0 Å². The van der Waals surface area contributed by atoms with Gasteiger partial charge in [0.2, 0.25) is 0 Å². The molecule has 9 heteroatoms. The molecule has 0 amide bonds. The first-order valence-corrected chi connectivity index (χ1v) is 10.7. The lowest BCUT2D eigenvalue weighted by Gasteiger charge is -2.12. The maximum atomic E-state index is 12.6. The maximum Gasteiger partial charge on any atom is 0.259 e. The van der Waals surface area contributed by atoms with Gasteiger partial charge < -0.3 is 9.72 Å². The van der Waals surface area contributed by atoms with Gasteiger partial charge in [0.25, 0.3) is 5.56 Å². The molecule has 1 atom stereocenters. The number of rotatable bonds is 5. The smallest absolute Gasteiger partial charge is 0.259 e. The van der Waals surface area contributed by atoms with Crippen LogP contribution < -0.4 is 5.56 Å². The van der Waals surface area contributed by atoms with Gasteiger partial charge in [-0.25, -0.2) is 18.1 Å². The minimum atomic E-state index is -3.07. The molecule has 0 radical (unpaired) electrons. The Bertz CT molecular complexity index is 993. The summed E-state index contributed by atoms with van der Waals surface area (Å²) in [6.07, 6.45) is 3.85. The van der Waals surface area contributed by atoms with Crippen molar-refractivity contribution in [3.63, 3.8) is 0 Å². The average molecular weight is 378 g/mol. The van der Waals surface area contributed by atoms with Crippen molar-refractivity contribution < 1.29 is 13.2 Å². The summed E-state index contributed by atoms with van der Waals surface area (Å²) < 4.78 is 30.6. The van der Waals surface area contributed by atoms with Gasteiger partial charge in [0.05, 0.1) is 29.7 Å². The number of nitrogens with zero attached hydrogens (tertiary/aromatic N) is 3. The molecule has 3 heterocycles. The van der Waals surface area contributed by atoms with Crippen LogP contribution in [0, 0.1) is 0 Å². The number of H-pyrrole nitrogens is 1. The Kier molecular flexibility index (Phi) is 4.44. The number of sulfone groups is 1. The van der Waals surface area contributed by atoms with E-state index >= 15 is 0 Å². The molecule has 1 aliphatic carbocycles. The van der Waals surface area contributed by atoms with E-state index in [1.54, 1.807) is 11.8 Å². The second-order valence-corrected chi connectivity index (χ2v) is 9.19. The number of hydrogen-bond donors (Lipinski definition) is 1. The predicted octanol–water partition coefficient (Wildman–Crippen LogP) is 0.671. The highest BCUT2D eigenvalue weighted by molar-refractivity contribution is 7.91. The molecule has 1 N–H and O–H groups in total. The first-order valence-electron chi connectivity index (χ1n) is 8.87. The van der Waals surface area contributed by atoms with Crippen molar-refractivity contribution in [2.75, 3.05) is 25.2 Å². The summed E-state index contributed by atoms with van der Waals surface area (Å²) in [7, 11) is -1.47. The van der Waals surface area contributed by atoms with E-state index in [2.05, 4.69) is 15.1 Å². The van der Waals surface area contributed by atoms with Crippen LogP contribution in [0.4, 0.5) is 0 Å². The second-order valence-electron chi connectivity index (χ2n) is 6.97. The Morgan fingerprint density at radius 2 is 2.23 bits per heavy atom. The summed E-state index contributed by atoms with van der Waals surface area (Å²) in [5.74, 6) is 1.20. The lowest BCUT2D eigenvalue weighted by molar-refractivity contribution is 0.200. The topological polar surface area (TPSA) is 107 Å². The monoisotopic (exact) mass is 378 g/mol. The summed E-state index contributed by atoms with van der Waals surface area (Å²) >= 11 is 0. The third-order valence-corrected chi connectivity index (χ3v) is 6.84. The van der Waals surface area contributed by atoms with Crippen LogP contribution in [-0.2, 0) is 33.8 Å². The van der Waals surface area contributed by atoms with Gasteiger partial charge >= 0.3 is 0 Å². The molecule has 0 saturated carbocycles. The molecule has 2 aromatic rings. The van der Waals surface area contributed by atoms with Crippen molar-refractivity contribution in [1.29, 1.82) is 0 Å². The lowest BCUT2D eigenvalue weighted by atomic mass is 10.1. The van der Waals surface area contributed by atoms with Crippen molar-refractivity contribution in [3.8, 4) is 11.4 Å². The fourth-order valence-corrected chi connectivity index (χ4v) is 5.44. The first-order chi connectivity index (χ1) is 12.5. The molecule has 8 nitrogen and oxygen atoms in total. The van der Waals surface area contributed by atoms with E-state index in [1.807, 2.05) is 6.07 Å². The Balaban J connectivity index is 1.79. The van der Waals surface area contributed by atoms with Crippen LogP contribution >= 0.6 is 0 Å². The number of nitrogens with one attached hydrogen (secondary N) is 1. The number of pyridine rings is 1.